The Kier molecular flexibility index (Phi) is 6.28. The van der Waals surface area contributed by atoms with Crippen molar-refractivity contribution in [1.29, 1.82) is 0 Å². The molecule has 0 spiro atoms. The third kappa shape index (κ3) is 5.13. The topological polar surface area (TPSA) is 58.2 Å². The van der Waals surface area contributed by atoms with Crippen LogP contribution in [0.1, 0.15) is 5.56 Å². The van der Waals surface area contributed by atoms with Gasteiger partial charge in [-0.25, -0.2) is 0 Å². The van der Waals surface area contributed by atoms with Crippen LogP contribution in [0.3, 0.4) is 0 Å². The van der Waals surface area contributed by atoms with Crippen LogP contribution in [0.15, 0.2) is 42.5 Å². The Morgan fingerprint density at radius 2 is 1.57 bits per heavy atom. The van der Waals surface area contributed by atoms with E-state index in [4.69, 9.17) is 34.8 Å². The molecule has 2 rings (SSSR count). The molecule has 0 bridgehead atoms. The minimum Gasteiger partial charge on any atom is -0.347 e. The molecule has 7 heteroatoms. The lowest BCUT2D eigenvalue weighted by molar-refractivity contribution is -0.136. The first kappa shape index (κ1) is 17.6. The first-order valence-electron chi connectivity index (χ1n) is 6.75. The molecule has 2 amide bonds. The van der Waals surface area contributed by atoms with Crippen molar-refractivity contribution in [2.75, 3.05) is 11.9 Å². The van der Waals surface area contributed by atoms with Crippen LogP contribution in [0.5, 0.6) is 0 Å². The summed E-state index contributed by atoms with van der Waals surface area (Å²) in [6.07, 6.45) is 0.562. The number of benzene rings is 2. The van der Waals surface area contributed by atoms with Crippen LogP contribution < -0.4 is 10.6 Å². The normalized spacial score (nSPS) is 10.2. The Labute approximate surface area is 148 Å². The minimum absolute atomic E-state index is 0.214. The SMILES string of the molecule is O=C(NCCc1cccc(Cl)c1)C(=O)Nc1c(Cl)cccc1Cl. The molecule has 4 nitrogen and oxygen atoms in total. The second-order valence-electron chi connectivity index (χ2n) is 4.69. The van der Waals surface area contributed by atoms with E-state index in [0.29, 0.717) is 18.0 Å². The number of amides is 2. The van der Waals surface area contributed by atoms with Gasteiger partial charge in [0.15, 0.2) is 0 Å². The van der Waals surface area contributed by atoms with Gasteiger partial charge >= 0.3 is 11.8 Å². The zero-order valence-electron chi connectivity index (χ0n) is 11.9. The second kappa shape index (κ2) is 8.20. The van der Waals surface area contributed by atoms with Gasteiger partial charge < -0.3 is 10.6 Å². The van der Waals surface area contributed by atoms with Crippen molar-refractivity contribution in [3.63, 3.8) is 0 Å². The molecule has 0 aromatic heterocycles. The number of para-hydroxylation sites is 1. The van der Waals surface area contributed by atoms with Crippen molar-refractivity contribution in [1.82, 2.24) is 5.32 Å². The van der Waals surface area contributed by atoms with E-state index in [-0.39, 0.29) is 15.7 Å². The summed E-state index contributed by atoms with van der Waals surface area (Å²) in [5, 5.41) is 6.08. The number of halogens is 3. The summed E-state index contributed by atoms with van der Waals surface area (Å²) in [6.45, 7) is 0.308. The monoisotopic (exact) mass is 370 g/mol. The van der Waals surface area contributed by atoms with Crippen LogP contribution in [-0.2, 0) is 16.0 Å². The van der Waals surface area contributed by atoms with E-state index in [9.17, 15) is 9.59 Å². The summed E-state index contributed by atoms with van der Waals surface area (Å²) in [5.74, 6) is -1.59. The van der Waals surface area contributed by atoms with Gasteiger partial charge in [-0.15, -0.1) is 0 Å². The molecule has 2 aromatic carbocycles. The molecule has 2 aromatic rings. The fourth-order valence-electron chi connectivity index (χ4n) is 1.88. The Bertz CT molecular complexity index is 715. The summed E-state index contributed by atoms with van der Waals surface area (Å²) >= 11 is 17.7. The lowest BCUT2D eigenvalue weighted by atomic mass is 10.1. The maximum atomic E-state index is 11.9. The third-order valence-corrected chi connectivity index (χ3v) is 3.86. The van der Waals surface area contributed by atoms with Gasteiger partial charge in [0.2, 0.25) is 0 Å². The minimum atomic E-state index is -0.828. The Hall–Kier alpha value is -1.75. The zero-order chi connectivity index (χ0) is 16.8. The van der Waals surface area contributed by atoms with Crippen molar-refractivity contribution in [2.24, 2.45) is 0 Å². The van der Waals surface area contributed by atoms with Gasteiger partial charge in [0.05, 0.1) is 15.7 Å². The molecule has 0 saturated carbocycles. The number of carbonyl (C=O) groups is 2. The predicted octanol–water partition coefficient (Wildman–Crippen LogP) is 3.94. The van der Waals surface area contributed by atoms with E-state index in [1.54, 1.807) is 30.3 Å². The molecule has 0 aliphatic carbocycles. The fourth-order valence-corrected chi connectivity index (χ4v) is 2.59. The third-order valence-electron chi connectivity index (χ3n) is 3.00. The highest BCUT2D eigenvalue weighted by molar-refractivity contribution is 6.44. The van der Waals surface area contributed by atoms with E-state index in [0.717, 1.165) is 5.56 Å². The van der Waals surface area contributed by atoms with Crippen molar-refractivity contribution >= 4 is 52.3 Å². The summed E-state index contributed by atoms with van der Waals surface area (Å²) in [5.41, 5.74) is 1.18. The fraction of sp³-hybridized carbons (Fsp3) is 0.125. The largest absolute Gasteiger partial charge is 0.347 e. The number of nitrogens with one attached hydrogen (secondary N) is 2. The highest BCUT2D eigenvalue weighted by Gasteiger charge is 2.16. The smallest absolute Gasteiger partial charge is 0.313 e. The van der Waals surface area contributed by atoms with Gasteiger partial charge in [-0.2, -0.15) is 0 Å². The lowest BCUT2D eigenvalue weighted by Crippen LogP contribution is -2.36. The summed E-state index contributed by atoms with van der Waals surface area (Å²) in [7, 11) is 0. The summed E-state index contributed by atoms with van der Waals surface area (Å²) < 4.78 is 0. The molecule has 0 aliphatic rings. The van der Waals surface area contributed by atoms with Crippen LogP contribution in [0.25, 0.3) is 0 Å². The standard InChI is InChI=1S/C16H13Cl3N2O2/c17-11-4-1-3-10(9-11)7-8-20-15(22)16(23)21-14-12(18)5-2-6-13(14)19/h1-6,9H,7-8H2,(H,20,22)(H,21,23). The lowest BCUT2D eigenvalue weighted by Gasteiger charge is -2.09. The maximum absolute atomic E-state index is 11.9. The van der Waals surface area contributed by atoms with Gasteiger partial charge in [-0.1, -0.05) is 53.0 Å². The Balaban J connectivity index is 1.87. The van der Waals surface area contributed by atoms with Gasteiger partial charge in [0, 0.05) is 11.6 Å². The van der Waals surface area contributed by atoms with E-state index < -0.39 is 11.8 Å². The number of rotatable bonds is 4. The second-order valence-corrected chi connectivity index (χ2v) is 5.94. The first-order valence-corrected chi connectivity index (χ1v) is 7.88. The maximum Gasteiger partial charge on any atom is 0.313 e. The van der Waals surface area contributed by atoms with Gasteiger partial charge in [0.1, 0.15) is 0 Å². The highest BCUT2D eigenvalue weighted by atomic mass is 35.5. The van der Waals surface area contributed by atoms with Crippen molar-refractivity contribution < 1.29 is 9.59 Å². The Morgan fingerprint density at radius 1 is 0.913 bits per heavy atom. The number of carbonyl (C=O) groups excluding carboxylic acids is 2. The van der Waals surface area contributed by atoms with Crippen LogP contribution >= 0.6 is 34.8 Å². The zero-order valence-corrected chi connectivity index (χ0v) is 14.2. The first-order chi connectivity index (χ1) is 11.0. The van der Waals surface area contributed by atoms with Gasteiger partial charge in [-0.3, -0.25) is 9.59 Å². The van der Waals surface area contributed by atoms with E-state index in [1.165, 1.54) is 0 Å². The molecular formula is C16H13Cl3N2O2. The molecule has 120 valence electrons. The summed E-state index contributed by atoms with van der Waals surface area (Å²) in [6, 6.07) is 12.1. The van der Waals surface area contributed by atoms with Crippen molar-refractivity contribution in [2.45, 2.75) is 6.42 Å². The predicted molar refractivity (Wildman–Crippen MR) is 93.3 cm³/mol. The molecule has 0 atom stereocenters. The molecular weight excluding hydrogens is 359 g/mol. The molecule has 0 heterocycles. The van der Waals surface area contributed by atoms with Crippen LogP contribution in [0.2, 0.25) is 15.1 Å². The molecule has 0 aliphatic heterocycles. The average molecular weight is 372 g/mol. The molecule has 0 unspecified atom stereocenters. The number of anilines is 1. The molecule has 0 fully saturated rings. The molecule has 23 heavy (non-hydrogen) atoms. The van der Waals surface area contributed by atoms with Crippen LogP contribution in [0, 0.1) is 0 Å². The van der Waals surface area contributed by atoms with Gasteiger partial charge in [0.25, 0.3) is 0 Å². The Morgan fingerprint density at radius 3 is 2.22 bits per heavy atom. The average Bonchev–Trinajstić information content (AvgIpc) is 2.51. The van der Waals surface area contributed by atoms with E-state index in [1.807, 2.05) is 12.1 Å². The van der Waals surface area contributed by atoms with Crippen molar-refractivity contribution in [3.05, 3.63) is 63.1 Å². The molecule has 0 radical (unpaired) electrons. The van der Waals surface area contributed by atoms with Crippen LogP contribution in [-0.4, -0.2) is 18.4 Å². The van der Waals surface area contributed by atoms with E-state index >= 15 is 0 Å². The quantitative estimate of drug-likeness (QED) is 0.800. The molecule has 0 saturated heterocycles. The van der Waals surface area contributed by atoms with Crippen LogP contribution in [0.4, 0.5) is 5.69 Å². The van der Waals surface area contributed by atoms with Crippen molar-refractivity contribution in [3.8, 4) is 0 Å². The molecule has 2 N–H and O–H groups in total. The van der Waals surface area contributed by atoms with Gasteiger partial charge in [-0.05, 0) is 36.2 Å². The summed E-state index contributed by atoms with van der Waals surface area (Å²) in [4.78, 5) is 23.6. The number of hydrogen-bond donors (Lipinski definition) is 2. The highest BCUT2D eigenvalue weighted by Crippen LogP contribution is 2.29. The van der Waals surface area contributed by atoms with E-state index in [2.05, 4.69) is 10.6 Å². The number of hydrogen-bond acceptors (Lipinski definition) is 2.